The molecule has 0 aromatic carbocycles. The number of rotatable bonds is 10. The van der Waals surface area contributed by atoms with E-state index in [9.17, 15) is 0 Å². The van der Waals surface area contributed by atoms with E-state index in [0.29, 0.717) is 13.2 Å². The van der Waals surface area contributed by atoms with E-state index in [2.05, 4.69) is 12.2 Å². The maximum Gasteiger partial charge on any atom is 0.160 e. The third-order valence-corrected chi connectivity index (χ3v) is 1.83. The van der Waals surface area contributed by atoms with Crippen LogP contribution in [0.4, 0.5) is 0 Å². The van der Waals surface area contributed by atoms with Gasteiger partial charge in [-0.05, 0) is 27.2 Å². The molecule has 0 atom stereocenters. The molecule has 3 heteroatoms. The first-order chi connectivity index (χ1) is 7.35. The van der Waals surface area contributed by atoms with Gasteiger partial charge in [-0.2, -0.15) is 0 Å². The summed E-state index contributed by atoms with van der Waals surface area (Å²) >= 11 is 0. The molecular weight excluding hydrogens is 192 g/mol. The van der Waals surface area contributed by atoms with E-state index in [0.717, 1.165) is 26.1 Å². The Morgan fingerprint density at radius 2 is 1.60 bits per heavy atom. The van der Waals surface area contributed by atoms with Crippen molar-refractivity contribution >= 4 is 0 Å². The highest BCUT2D eigenvalue weighted by Crippen LogP contribution is 2.02. The molecule has 0 heterocycles. The van der Waals surface area contributed by atoms with Gasteiger partial charge in [0.25, 0.3) is 0 Å². The van der Waals surface area contributed by atoms with Crippen LogP contribution in [0.1, 0.15) is 33.6 Å². The molecule has 0 aromatic heterocycles. The van der Waals surface area contributed by atoms with Crippen LogP contribution in [0.5, 0.6) is 0 Å². The summed E-state index contributed by atoms with van der Waals surface area (Å²) in [6, 6.07) is 0. The summed E-state index contributed by atoms with van der Waals surface area (Å²) in [6.07, 6.45) is 5.88. The molecule has 0 amide bonds. The highest BCUT2D eigenvalue weighted by atomic mass is 16.7. The Kier molecular flexibility index (Phi) is 11.4. The van der Waals surface area contributed by atoms with Crippen LogP contribution >= 0.6 is 0 Å². The monoisotopic (exact) mass is 216 g/mol. The van der Waals surface area contributed by atoms with Gasteiger partial charge in [0, 0.05) is 32.8 Å². The summed E-state index contributed by atoms with van der Waals surface area (Å²) in [7, 11) is 0. The maximum atomic E-state index is 5.41. The van der Waals surface area contributed by atoms with Crippen LogP contribution in [0.3, 0.4) is 0 Å². The van der Waals surface area contributed by atoms with E-state index in [1.54, 1.807) is 0 Å². The maximum absolute atomic E-state index is 5.41. The minimum atomic E-state index is -0.0941. The minimum absolute atomic E-state index is 0.0941. The fraction of sp³-hybridized carbons (Fsp3) is 0.833. The average molecular weight is 216 g/mol. The van der Waals surface area contributed by atoms with E-state index in [4.69, 9.17) is 14.2 Å². The van der Waals surface area contributed by atoms with Gasteiger partial charge in [-0.1, -0.05) is 12.2 Å². The molecule has 0 aromatic rings. The SMILES string of the molecule is CCOCC/C=C/CC(OCC)OCC. The second-order valence-corrected chi connectivity index (χ2v) is 3.03. The largest absolute Gasteiger partial charge is 0.381 e. The van der Waals surface area contributed by atoms with Crippen LogP contribution in [0.2, 0.25) is 0 Å². The molecule has 0 aliphatic carbocycles. The summed E-state index contributed by atoms with van der Waals surface area (Å²) < 4.78 is 16.0. The third-order valence-electron chi connectivity index (χ3n) is 1.83. The molecule has 0 radical (unpaired) electrons. The average Bonchev–Trinajstić information content (AvgIpc) is 2.24. The Balaban J connectivity index is 3.49. The van der Waals surface area contributed by atoms with E-state index < -0.39 is 0 Å². The van der Waals surface area contributed by atoms with E-state index >= 15 is 0 Å². The minimum Gasteiger partial charge on any atom is -0.381 e. The van der Waals surface area contributed by atoms with Crippen LogP contribution in [-0.4, -0.2) is 32.7 Å². The van der Waals surface area contributed by atoms with Gasteiger partial charge in [0.05, 0.1) is 0 Å². The second-order valence-electron chi connectivity index (χ2n) is 3.03. The molecule has 0 aliphatic rings. The third kappa shape index (κ3) is 9.91. The lowest BCUT2D eigenvalue weighted by molar-refractivity contribution is -0.133. The number of ether oxygens (including phenoxy) is 3. The molecule has 0 spiro atoms. The van der Waals surface area contributed by atoms with Crippen molar-refractivity contribution < 1.29 is 14.2 Å². The van der Waals surface area contributed by atoms with Crippen LogP contribution in [0.25, 0.3) is 0 Å². The van der Waals surface area contributed by atoms with E-state index in [1.807, 2.05) is 20.8 Å². The van der Waals surface area contributed by atoms with Gasteiger partial charge >= 0.3 is 0 Å². The van der Waals surface area contributed by atoms with Gasteiger partial charge in [-0.15, -0.1) is 0 Å². The Hall–Kier alpha value is -0.380. The quantitative estimate of drug-likeness (QED) is 0.319. The normalized spacial score (nSPS) is 11.7. The molecule has 0 N–H and O–H groups in total. The predicted octanol–water partition coefficient (Wildman–Crippen LogP) is 2.76. The van der Waals surface area contributed by atoms with Crippen molar-refractivity contribution in [3.05, 3.63) is 12.2 Å². The van der Waals surface area contributed by atoms with Gasteiger partial charge in [-0.25, -0.2) is 0 Å². The summed E-state index contributed by atoms with van der Waals surface area (Å²) in [4.78, 5) is 0. The number of hydrogen-bond acceptors (Lipinski definition) is 3. The lowest BCUT2D eigenvalue weighted by Crippen LogP contribution is -2.16. The Morgan fingerprint density at radius 1 is 0.933 bits per heavy atom. The van der Waals surface area contributed by atoms with E-state index in [-0.39, 0.29) is 6.29 Å². The van der Waals surface area contributed by atoms with Crippen molar-refractivity contribution in [1.29, 1.82) is 0 Å². The smallest absolute Gasteiger partial charge is 0.160 e. The van der Waals surface area contributed by atoms with Gasteiger partial charge in [0.15, 0.2) is 6.29 Å². The van der Waals surface area contributed by atoms with Crippen LogP contribution < -0.4 is 0 Å². The Labute approximate surface area is 93.4 Å². The lowest BCUT2D eigenvalue weighted by atomic mass is 10.3. The van der Waals surface area contributed by atoms with Gasteiger partial charge < -0.3 is 14.2 Å². The summed E-state index contributed by atoms with van der Waals surface area (Å²) in [5.74, 6) is 0. The van der Waals surface area contributed by atoms with Crippen molar-refractivity contribution in [3.63, 3.8) is 0 Å². The van der Waals surface area contributed by atoms with Crippen molar-refractivity contribution in [1.82, 2.24) is 0 Å². The molecular formula is C12H24O3. The zero-order chi connectivity index (χ0) is 11.4. The summed E-state index contributed by atoms with van der Waals surface area (Å²) in [5.41, 5.74) is 0. The molecule has 90 valence electrons. The van der Waals surface area contributed by atoms with Gasteiger partial charge in [0.2, 0.25) is 0 Å². The van der Waals surface area contributed by atoms with Crippen LogP contribution in [0.15, 0.2) is 12.2 Å². The van der Waals surface area contributed by atoms with Gasteiger partial charge in [0.1, 0.15) is 0 Å². The molecule has 0 saturated heterocycles. The van der Waals surface area contributed by atoms with Crippen molar-refractivity contribution in [2.45, 2.75) is 39.9 Å². The summed E-state index contributed by atoms with van der Waals surface area (Å²) in [6.45, 7) is 8.92. The fourth-order valence-electron chi connectivity index (χ4n) is 1.18. The first-order valence-electron chi connectivity index (χ1n) is 5.81. The first-order valence-corrected chi connectivity index (χ1v) is 5.81. The number of hydrogen-bond donors (Lipinski definition) is 0. The molecule has 0 fully saturated rings. The fourth-order valence-corrected chi connectivity index (χ4v) is 1.18. The highest BCUT2D eigenvalue weighted by molar-refractivity contribution is 4.82. The molecule has 0 unspecified atom stereocenters. The molecule has 0 rings (SSSR count). The predicted molar refractivity (Wildman–Crippen MR) is 61.9 cm³/mol. The zero-order valence-corrected chi connectivity index (χ0v) is 10.2. The Bertz CT molecular complexity index is 140. The second kappa shape index (κ2) is 11.7. The standard InChI is InChI=1S/C12H24O3/c1-4-13-11-9-7-8-10-12(14-5-2)15-6-3/h7-8,12H,4-6,9-11H2,1-3H3/b8-7+. The highest BCUT2D eigenvalue weighted by Gasteiger charge is 2.03. The van der Waals surface area contributed by atoms with Crippen molar-refractivity contribution in [2.24, 2.45) is 0 Å². The first kappa shape index (κ1) is 14.6. The van der Waals surface area contributed by atoms with Crippen molar-refractivity contribution in [2.75, 3.05) is 26.4 Å². The molecule has 15 heavy (non-hydrogen) atoms. The molecule has 3 nitrogen and oxygen atoms in total. The van der Waals surface area contributed by atoms with Crippen molar-refractivity contribution in [3.8, 4) is 0 Å². The summed E-state index contributed by atoms with van der Waals surface area (Å²) in [5, 5.41) is 0. The Morgan fingerprint density at radius 3 is 2.13 bits per heavy atom. The van der Waals surface area contributed by atoms with Gasteiger partial charge in [-0.3, -0.25) is 0 Å². The van der Waals surface area contributed by atoms with Crippen LogP contribution in [0, 0.1) is 0 Å². The van der Waals surface area contributed by atoms with Crippen LogP contribution in [-0.2, 0) is 14.2 Å². The topological polar surface area (TPSA) is 27.7 Å². The molecule has 0 bridgehead atoms. The molecule has 0 saturated carbocycles. The molecule has 0 aliphatic heterocycles. The lowest BCUT2D eigenvalue weighted by Gasteiger charge is -2.14. The van der Waals surface area contributed by atoms with E-state index in [1.165, 1.54) is 0 Å². The zero-order valence-electron chi connectivity index (χ0n) is 10.2.